The number of rotatable bonds is 4. The van der Waals surface area contributed by atoms with Crippen LogP contribution in [0.5, 0.6) is 0 Å². The van der Waals surface area contributed by atoms with Gasteiger partial charge < -0.3 is 4.90 Å². The molecule has 3 rings (SSSR count). The van der Waals surface area contributed by atoms with E-state index in [1.54, 1.807) is 24.3 Å². The predicted molar refractivity (Wildman–Crippen MR) is 97.9 cm³/mol. The average Bonchev–Trinajstić information content (AvgIpc) is 2.68. The quantitative estimate of drug-likeness (QED) is 0.827. The normalized spacial score (nSPS) is 15.7. The van der Waals surface area contributed by atoms with E-state index in [1.165, 1.54) is 10.4 Å². The number of hydrogen-bond acceptors (Lipinski definition) is 4. The number of aryl methyl sites for hydroxylation is 1. The van der Waals surface area contributed by atoms with Crippen LogP contribution >= 0.6 is 0 Å². The summed E-state index contributed by atoms with van der Waals surface area (Å²) in [7, 11) is -3.55. The fourth-order valence-corrected chi connectivity index (χ4v) is 4.52. The lowest BCUT2D eigenvalue weighted by atomic mass is 10.1. The maximum atomic E-state index is 13.8. The second-order valence-electron chi connectivity index (χ2n) is 6.13. The molecule has 7 heteroatoms. The molecule has 0 saturated carbocycles. The van der Waals surface area contributed by atoms with Gasteiger partial charge in [0.05, 0.1) is 10.6 Å². The Hall–Kier alpha value is -2.43. The topological polar surface area (TPSA) is 64.4 Å². The third kappa shape index (κ3) is 3.43. The van der Waals surface area contributed by atoms with Gasteiger partial charge in [-0.1, -0.05) is 25.1 Å². The summed E-state index contributed by atoms with van der Waals surface area (Å²) in [6.45, 7) is 3.41. The molecule has 0 amide bonds. The molecule has 0 radical (unpaired) electrons. The Labute approximate surface area is 153 Å². The molecule has 0 aromatic heterocycles. The van der Waals surface area contributed by atoms with Crippen LogP contribution in [0.2, 0.25) is 0 Å². The molecule has 0 N–H and O–H groups in total. The summed E-state index contributed by atoms with van der Waals surface area (Å²) in [4.78, 5) is 2.14. The Bertz CT molecular complexity index is 928. The Balaban J connectivity index is 1.76. The van der Waals surface area contributed by atoms with Crippen LogP contribution in [0.1, 0.15) is 18.1 Å². The molecule has 1 heterocycles. The van der Waals surface area contributed by atoms with Crippen LogP contribution in [0.25, 0.3) is 0 Å². The molecule has 1 saturated heterocycles. The summed E-state index contributed by atoms with van der Waals surface area (Å²) in [6.07, 6.45) is 0.855. The summed E-state index contributed by atoms with van der Waals surface area (Å²) in [5.74, 6) is -0.559. The lowest BCUT2D eigenvalue weighted by Crippen LogP contribution is -2.48. The minimum atomic E-state index is -3.55. The van der Waals surface area contributed by atoms with Crippen molar-refractivity contribution in [3.8, 4) is 6.07 Å². The van der Waals surface area contributed by atoms with Crippen molar-refractivity contribution in [1.29, 1.82) is 5.26 Å². The van der Waals surface area contributed by atoms with Crippen LogP contribution in [0.4, 0.5) is 10.1 Å². The first-order valence-corrected chi connectivity index (χ1v) is 9.94. The van der Waals surface area contributed by atoms with Crippen LogP contribution in [-0.2, 0) is 16.4 Å². The van der Waals surface area contributed by atoms with Gasteiger partial charge in [0, 0.05) is 26.2 Å². The third-order valence-electron chi connectivity index (χ3n) is 4.65. The zero-order valence-electron chi connectivity index (χ0n) is 14.5. The second-order valence-corrected chi connectivity index (χ2v) is 8.07. The number of nitriles is 1. The van der Waals surface area contributed by atoms with Crippen LogP contribution in [0.15, 0.2) is 47.4 Å². The molecule has 2 aromatic rings. The number of nitrogens with zero attached hydrogens (tertiary/aromatic N) is 3. The Kier molecular flexibility index (Phi) is 5.25. The first-order chi connectivity index (χ1) is 12.5. The molecular formula is C19H20FN3O2S. The molecule has 0 bridgehead atoms. The molecule has 0 atom stereocenters. The first kappa shape index (κ1) is 18.4. The van der Waals surface area contributed by atoms with E-state index in [9.17, 15) is 18.1 Å². The molecule has 0 spiro atoms. The van der Waals surface area contributed by atoms with E-state index in [0.29, 0.717) is 31.9 Å². The van der Waals surface area contributed by atoms with Gasteiger partial charge >= 0.3 is 0 Å². The number of benzene rings is 2. The lowest BCUT2D eigenvalue weighted by Gasteiger charge is -2.35. The average molecular weight is 373 g/mol. The van der Waals surface area contributed by atoms with E-state index >= 15 is 0 Å². The van der Waals surface area contributed by atoms with Gasteiger partial charge in [0.1, 0.15) is 17.4 Å². The van der Waals surface area contributed by atoms with Crippen LogP contribution in [-0.4, -0.2) is 38.9 Å². The smallest absolute Gasteiger partial charge is 0.243 e. The van der Waals surface area contributed by atoms with Gasteiger partial charge in [0.15, 0.2) is 0 Å². The highest BCUT2D eigenvalue weighted by molar-refractivity contribution is 7.89. The molecule has 2 aromatic carbocycles. The summed E-state index contributed by atoms with van der Waals surface area (Å²) in [5, 5.41) is 9.18. The van der Waals surface area contributed by atoms with E-state index in [-0.39, 0.29) is 10.5 Å². The third-order valence-corrected chi connectivity index (χ3v) is 6.56. The van der Waals surface area contributed by atoms with E-state index in [4.69, 9.17) is 0 Å². The van der Waals surface area contributed by atoms with E-state index in [0.717, 1.165) is 12.0 Å². The lowest BCUT2D eigenvalue weighted by molar-refractivity contribution is 0.384. The Morgan fingerprint density at radius 2 is 1.73 bits per heavy atom. The standard InChI is InChI=1S/C19H20FN3O2S/c1-2-15-6-8-16(9-7-15)26(24,25)23-12-10-22(11-13-23)19-5-3-4-18(20)17(19)14-21/h3-9H,2,10-13H2,1H3. The van der Waals surface area contributed by atoms with Gasteiger partial charge in [0.2, 0.25) is 10.0 Å². The second kappa shape index (κ2) is 7.44. The number of piperazine rings is 1. The summed E-state index contributed by atoms with van der Waals surface area (Å²) < 4.78 is 40.8. The molecule has 5 nitrogen and oxygen atoms in total. The minimum absolute atomic E-state index is 0.000962. The monoisotopic (exact) mass is 373 g/mol. The highest BCUT2D eigenvalue weighted by Crippen LogP contribution is 2.25. The van der Waals surface area contributed by atoms with Crippen molar-refractivity contribution in [1.82, 2.24) is 4.31 Å². The van der Waals surface area contributed by atoms with Crippen molar-refractivity contribution in [3.05, 3.63) is 59.4 Å². The van der Waals surface area contributed by atoms with Crippen molar-refractivity contribution in [2.75, 3.05) is 31.1 Å². The number of anilines is 1. The van der Waals surface area contributed by atoms with Crippen LogP contribution in [0, 0.1) is 17.1 Å². The molecule has 1 aliphatic heterocycles. The van der Waals surface area contributed by atoms with Gasteiger partial charge in [-0.25, -0.2) is 12.8 Å². The molecule has 0 aliphatic carbocycles. The van der Waals surface area contributed by atoms with Crippen molar-refractivity contribution >= 4 is 15.7 Å². The fraction of sp³-hybridized carbons (Fsp3) is 0.316. The van der Waals surface area contributed by atoms with Crippen LogP contribution < -0.4 is 4.90 Å². The van der Waals surface area contributed by atoms with Gasteiger partial charge in [-0.3, -0.25) is 0 Å². The van der Waals surface area contributed by atoms with Gasteiger partial charge in [0.25, 0.3) is 0 Å². The van der Waals surface area contributed by atoms with Gasteiger partial charge in [-0.05, 0) is 36.2 Å². The Morgan fingerprint density at radius 3 is 2.31 bits per heavy atom. The van der Waals surface area contributed by atoms with Crippen LogP contribution in [0.3, 0.4) is 0 Å². The summed E-state index contributed by atoms with van der Waals surface area (Å²) in [5.41, 5.74) is 1.60. The molecule has 136 valence electrons. The SMILES string of the molecule is CCc1ccc(S(=O)(=O)N2CCN(c3cccc(F)c3C#N)CC2)cc1. The molecule has 1 aliphatic rings. The van der Waals surface area contributed by atoms with E-state index in [2.05, 4.69) is 0 Å². The molecular weight excluding hydrogens is 353 g/mol. The highest BCUT2D eigenvalue weighted by atomic mass is 32.2. The van der Waals surface area contributed by atoms with Crippen molar-refractivity contribution in [2.24, 2.45) is 0 Å². The zero-order valence-corrected chi connectivity index (χ0v) is 15.3. The van der Waals surface area contributed by atoms with Crippen molar-refractivity contribution < 1.29 is 12.8 Å². The number of halogens is 1. The highest BCUT2D eigenvalue weighted by Gasteiger charge is 2.29. The predicted octanol–water partition coefficient (Wildman–Crippen LogP) is 2.77. The minimum Gasteiger partial charge on any atom is -0.368 e. The van der Waals surface area contributed by atoms with Crippen molar-refractivity contribution in [3.63, 3.8) is 0 Å². The maximum absolute atomic E-state index is 13.8. The first-order valence-electron chi connectivity index (χ1n) is 8.50. The van der Waals surface area contributed by atoms with E-state index in [1.807, 2.05) is 30.0 Å². The summed E-state index contributed by atoms with van der Waals surface area (Å²) >= 11 is 0. The maximum Gasteiger partial charge on any atom is 0.243 e. The van der Waals surface area contributed by atoms with Gasteiger partial charge in [-0.15, -0.1) is 0 Å². The number of hydrogen-bond donors (Lipinski definition) is 0. The summed E-state index contributed by atoms with van der Waals surface area (Å²) in [6, 6.07) is 13.3. The molecule has 0 unspecified atom stereocenters. The van der Waals surface area contributed by atoms with Gasteiger partial charge in [-0.2, -0.15) is 9.57 Å². The van der Waals surface area contributed by atoms with Crippen molar-refractivity contribution in [2.45, 2.75) is 18.2 Å². The largest absolute Gasteiger partial charge is 0.368 e. The Morgan fingerprint density at radius 1 is 1.08 bits per heavy atom. The zero-order chi connectivity index (χ0) is 18.7. The number of sulfonamides is 1. The van der Waals surface area contributed by atoms with E-state index < -0.39 is 15.8 Å². The molecule has 1 fully saturated rings. The molecule has 26 heavy (non-hydrogen) atoms. The fourth-order valence-electron chi connectivity index (χ4n) is 3.10.